The standard InChI is InChI=1S/C38H76O8/c1-3-5-7-9-11-13-15-17-19-21-23-25-27-43-30-33(32-45-38-37(42)36(41)35(40)34(29-39)46-38)31-44-28-26-24-22-20-18-16-14-12-10-8-6-4-2/h33-42H,3-32H2,1-2H3/t34-,35+,36+,37-,38-/m1/s1. The van der Waals surface area contributed by atoms with Crippen LogP contribution in [-0.2, 0) is 18.9 Å². The van der Waals surface area contributed by atoms with E-state index >= 15 is 0 Å². The van der Waals surface area contributed by atoms with Crippen molar-refractivity contribution in [1.29, 1.82) is 0 Å². The Morgan fingerprint density at radius 1 is 0.478 bits per heavy atom. The summed E-state index contributed by atoms with van der Waals surface area (Å²) < 4.78 is 23.4. The van der Waals surface area contributed by atoms with Crippen LogP contribution in [0, 0.1) is 5.92 Å². The lowest BCUT2D eigenvalue weighted by Crippen LogP contribution is -2.59. The molecule has 1 aliphatic rings. The summed E-state index contributed by atoms with van der Waals surface area (Å²) in [5.74, 6) is -0.0537. The summed E-state index contributed by atoms with van der Waals surface area (Å²) in [6.07, 6.45) is 25.1. The third kappa shape index (κ3) is 23.1. The lowest BCUT2D eigenvalue weighted by atomic mass is 9.99. The molecule has 0 saturated carbocycles. The maximum Gasteiger partial charge on any atom is 0.186 e. The molecule has 0 aliphatic carbocycles. The second-order valence-electron chi connectivity index (χ2n) is 13.8. The summed E-state index contributed by atoms with van der Waals surface area (Å²) in [6.45, 7) is 6.64. The van der Waals surface area contributed by atoms with E-state index in [1.807, 2.05) is 0 Å². The highest BCUT2D eigenvalue weighted by molar-refractivity contribution is 4.89. The van der Waals surface area contributed by atoms with E-state index < -0.39 is 37.3 Å². The molecule has 4 N–H and O–H groups in total. The average molecular weight is 661 g/mol. The van der Waals surface area contributed by atoms with Gasteiger partial charge in [-0.15, -0.1) is 0 Å². The lowest BCUT2D eigenvalue weighted by Gasteiger charge is -2.40. The molecular formula is C38H76O8. The fourth-order valence-corrected chi connectivity index (χ4v) is 6.17. The number of ether oxygens (including phenoxy) is 4. The van der Waals surface area contributed by atoms with E-state index in [9.17, 15) is 20.4 Å². The van der Waals surface area contributed by atoms with Crippen molar-refractivity contribution < 1.29 is 39.4 Å². The molecule has 276 valence electrons. The number of hydrogen-bond acceptors (Lipinski definition) is 8. The van der Waals surface area contributed by atoms with Crippen molar-refractivity contribution in [1.82, 2.24) is 0 Å². The van der Waals surface area contributed by atoms with Crippen LogP contribution in [0.4, 0.5) is 0 Å². The van der Waals surface area contributed by atoms with Crippen molar-refractivity contribution in [3.8, 4) is 0 Å². The van der Waals surface area contributed by atoms with Gasteiger partial charge in [-0.25, -0.2) is 0 Å². The van der Waals surface area contributed by atoms with E-state index in [0.29, 0.717) is 26.4 Å². The summed E-state index contributed by atoms with van der Waals surface area (Å²) >= 11 is 0. The van der Waals surface area contributed by atoms with Gasteiger partial charge in [0.25, 0.3) is 0 Å². The fourth-order valence-electron chi connectivity index (χ4n) is 6.17. The first-order valence-electron chi connectivity index (χ1n) is 19.6. The summed E-state index contributed by atoms with van der Waals surface area (Å²) in [5, 5.41) is 40.0. The van der Waals surface area contributed by atoms with Crippen LogP contribution in [0.5, 0.6) is 0 Å². The van der Waals surface area contributed by atoms with Crippen molar-refractivity contribution >= 4 is 0 Å². The monoisotopic (exact) mass is 661 g/mol. The summed E-state index contributed by atoms with van der Waals surface area (Å²) in [4.78, 5) is 0. The minimum Gasteiger partial charge on any atom is -0.394 e. The topological polar surface area (TPSA) is 118 Å². The third-order valence-electron chi connectivity index (χ3n) is 9.34. The molecule has 0 aromatic carbocycles. The zero-order valence-corrected chi connectivity index (χ0v) is 30.1. The average Bonchev–Trinajstić information content (AvgIpc) is 3.06. The smallest absolute Gasteiger partial charge is 0.186 e. The van der Waals surface area contributed by atoms with E-state index in [2.05, 4.69) is 13.8 Å². The molecule has 0 radical (unpaired) electrons. The highest BCUT2D eigenvalue weighted by Gasteiger charge is 2.44. The first kappa shape index (κ1) is 43.7. The molecule has 1 saturated heterocycles. The SMILES string of the molecule is CCCCCCCCCCCCCCOCC(COCCCCCCCCCCCCCC)CO[C@@H]1O[C@H](CO)[C@H](O)[C@H](O)[C@H]1O. The van der Waals surface area contributed by atoms with Gasteiger partial charge in [-0.2, -0.15) is 0 Å². The Morgan fingerprint density at radius 3 is 1.22 bits per heavy atom. The fraction of sp³-hybridized carbons (Fsp3) is 1.00. The molecule has 0 spiro atoms. The zero-order valence-electron chi connectivity index (χ0n) is 30.1. The van der Waals surface area contributed by atoms with Gasteiger partial charge in [0.1, 0.15) is 24.4 Å². The highest BCUT2D eigenvalue weighted by atomic mass is 16.7. The Labute approximate surface area is 283 Å². The van der Waals surface area contributed by atoms with Crippen LogP contribution in [0.1, 0.15) is 168 Å². The van der Waals surface area contributed by atoms with E-state index in [0.717, 1.165) is 12.8 Å². The van der Waals surface area contributed by atoms with E-state index in [1.165, 1.54) is 141 Å². The molecule has 46 heavy (non-hydrogen) atoms. The molecule has 0 unspecified atom stereocenters. The Morgan fingerprint density at radius 2 is 0.848 bits per heavy atom. The highest BCUT2D eigenvalue weighted by Crippen LogP contribution is 2.23. The second kappa shape index (κ2) is 31.9. The van der Waals surface area contributed by atoms with Gasteiger partial charge in [-0.1, -0.05) is 155 Å². The van der Waals surface area contributed by atoms with Gasteiger partial charge in [-0.3, -0.25) is 0 Å². The number of rotatable bonds is 34. The summed E-state index contributed by atoms with van der Waals surface area (Å²) in [7, 11) is 0. The van der Waals surface area contributed by atoms with Crippen molar-refractivity contribution in [2.75, 3.05) is 39.6 Å². The van der Waals surface area contributed by atoms with Gasteiger partial charge in [0, 0.05) is 19.1 Å². The van der Waals surface area contributed by atoms with Gasteiger partial charge in [0.05, 0.1) is 26.4 Å². The lowest BCUT2D eigenvalue weighted by molar-refractivity contribution is -0.304. The molecular weight excluding hydrogens is 584 g/mol. The first-order valence-corrected chi connectivity index (χ1v) is 19.6. The zero-order chi connectivity index (χ0) is 33.5. The van der Waals surface area contributed by atoms with E-state index in [4.69, 9.17) is 18.9 Å². The Balaban J connectivity index is 2.24. The molecule has 0 bridgehead atoms. The van der Waals surface area contributed by atoms with Crippen LogP contribution in [0.25, 0.3) is 0 Å². The number of hydrogen-bond donors (Lipinski definition) is 4. The quantitative estimate of drug-likeness (QED) is 0.0516. The molecule has 8 nitrogen and oxygen atoms in total. The largest absolute Gasteiger partial charge is 0.394 e. The maximum atomic E-state index is 10.3. The number of aliphatic hydroxyl groups is 4. The van der Waals surface area contributed by atoms with Crippen LogP contribution in [0.2, 0.25) is 0 Å². The predicted octanol–water partition coefficient (Wildman–Crippen LogP) is 7.85. The number of unbranched alkanes of at least 4 members (excludes halogenated alkanes) is 22. The maximum absolute atomic E-state index is 10.3. The third-order valence-corrected chi connectivity index (χ3v) is 9.34. The predicted molar refractivity (Wildman–Crippen MR) is 187 cm³/mol. The van der Waals surface area contributed by atoms with Crippen molar-refractivity contribution in [3.05, 3.63) is 0 Å². The Bertz CT molecular complexity index is 590. The summed E-state index contributed by atoms with van der Waals surface area (Å²) in [5.41, 5.74) is 0. The molecule has 1 heterocycles. The van der Waals surface area contributed by atoms with Crippen LogP contribution < -0.4 is 0 Å². The van der Waals surface area contributed by atoms with E-state index in [1.54, 1.807) is 0 Å². The van der Waals surface area contributed by atoms with Gasteiger partial charge >= 0.3 is 0 Å². The normalized spacial score (nSPS) is 21.8. The van der Waals surface area contributed by atoms with Gasteiger partial charge < -0.3 is 39.4 Å². The van der Waals surface area contributed by atoms with Crippen molar-refractivity contribution in [2.45, 2.75) is 199 Å². The molecule has 0 aromatic heterocycles. The number of aliphatic hydroxyl groups excluding tert-OH is 4. The molecule has 0 amide bonds. The second-order valence-corrected chi connectivity index (χ2v) is 13.8. The van der Waals surface area contributed by atoms with Crippen LogP contribution >= 0.6 is 0 Å². The minimum absolute atomic E-state index is 0.0537. The molecule has 5 atom stereocenters. The Kier molecular flexibility index (Phi) is 30.3. The molecule has 1 fully saturated rings. The minimum atomic E-state index is -1.45. The van der Waals surface area contributed by atoms with Crippen LogP contribution in [0.3, 0.4) is 0 Å². The summed E-state index contributed by atoms with van der Waals surface area (Å²) in [6, 6.07) is 0. The Hall–Kier alpha value is -0.320. The van der Waals surface area contributed by atoms with Gasteiger partial charge in [-0.05, 0) is 12.8 Å². The van der Waals surface area contributed by atoms with E-state index in [-0.39, 0.29) is 12.5 Å². The molecule has 1 rings (SSSR count). The van der Waals surface area contributed by atoms with Gasteiger partial charge in [0.2, 0.25) is 0 Å². The molecule has 1 aliphatic heterocycles. The van der Waals surface area contributed by atoms with Crippen molar-refractivity contribution in [3.63, 3.8) is 0 Å². The first-order chi connectivity index (χ1) is 22.5. The van der Waals surface area contributed by atoms with Crippen LogP contribution in [-0.4, -0.2) is 90.8 Å². The molecule has 8 heteroatoms. The van der Waals surface area contributed by atoms with Gasteiger partial charge in [0.15, 0.2) is 6.29 Å². The molecule has 0 aromatic rings. The van der Waals surface area contributed by atoms with Crippen molar-refractivity contribution in [2.24, 2.45) is 5.92 Å². The van der Waals surface area contributed by atoms with Crippen LogP contribution in [0.15, 0.2) is 0 Å².